The highest BCUT2D eigenvalue weighted by Gasteiger charge is 2.25. The van der Waals surface area contributed by atoms with Gasteiger partial charge in [-0.25, -0.2) is 13.1 Å². The summed E-state index contributed by atoms with van der Waals surface area (Å²) in [5.41, 5.74) is -0.478. The molecule has 0 aromatic carbocycles. The minimum Gasteiger partial charge on any atom is -0.344 e. The monoisotopic (exact) mass is 294 g/mol. The van der Waals surface area contributed by atoms with E-state index in [1.165, 1.54) is 0 Å². The molecule has 1 N–H and O–H groups in total. The maximum atomic E-state index is 11.9. The van der Waals surface area contributed by atoms with Gasteiger partial charge in [0.25, 0.3) is 0 Å². The number of hydrogen-bond donors (Lipinski definition) is 1. The Bertz CT molecular complexity index is 457. The summed E-state index contributed by atoms with van der Waals surface area (Å²) in [5, 5.41) is 0. The molecule has 0 aliphatic rings. The lowest BCUT2D eigenvalue weighted by atomic mass is 10.1. The van der Waals surface area contributed by atoms with Gasteiger partial charge in [-0.05, 0) is 42.8 Å². The number of hydrogen-bond acceptors (Lipinski definition) is 2. The topological polar surface area (TPSA) is 51.1 Å². The highest BCUT2D eigenvalue weighted by molar-refractivity contribution is 9.10. The molecule has 6 heteroatoms. The fraction of sp³-hybridized carbons (Fsp3) is 0.556. The third kappa shape index (κ3) is 3.06. The van der Waals surface area contributed by atoms with Gasteiger partial charge in [0, 0.05) is 18.8 Å². The fourth-order valence-electron chi connectivity index (χ4n) is 1.15. The first-order valence-corrected chi connectivity index (χ1v) is 6.76. The van der Waals surface area contributed by atoms with Crippen LogP contribution in [0.25, 0.3) is 0 Å². The summed E-state index contributed by atoms with van der Waals surface area (Å²) in [4.78, 5) is 0.264. The molecular formula is C9H15BrN2O2S. The fourth-order valence-corrected chi connectivity index (χ4v) is 3.56. The number of halogens is 1. The standard InChI is InChI=1S/C9H15BrN2O2S/c1-9(2,3)11-15(13,14)7-5-6-12(4)8(7)10/h5-6,11H,1-4H3. The minimum atomic E-state index is -3.45. The van der Waals surface area contributed by atoms with Crippen molar-refractivity contribution < 1.29 is 8.42 Å². The zero-order valence-electron chi connectivity index (χ0n) is 9.20. The third-order valence-corrected chi connectivity index (χ3v) is 4.73. The van der Waals surface area contributed by atoms with Gasteiger partial charge in [0.15, 0.2) is 0 Å². The van der Waals surface area contributed by atoms with Crippen molar-refractivity contribution >= 4 is 26.0 Å². The molecule has 0 atom stereocenters. The molecule has 0 fully saturated rings. The van der Waals surface area contributed by atoms with Gasteiger partial charge >= 0.3 is 0 Å². The molecule has 0 saturated heterocycles. The summed E-state index contributed by atoms with van der Waals surface area (Å²) >= 11 is 3.24. The van der Waals surface area contributed by atoms with Crippen LogP contribution in [0.2, 0.25) is 0 Å². The third-order valence-electron chi connectivity index (χ3n) is 1.69. The molecule has 4 nitrogen and oxygen atoms in total. The number of nitrogens with one attached hydrogen (secondary N) is 1. The summed E-state index contributed by atoms with van der Waals surface area (Å²) < 4.78 is 28.7. The molecule has 1 aromatic heterocycles. The Morgan fingerprint density at radius 3 is 2.27 bits per heavy atom. The summed E-state index contributed by atoms with van der Waals surface area (Å²) in [6.45, 7) is 5.42. The zero-order chi connectivity index (χ0) is 11.9. The molecule has 1 heterocycles. The second-order valence-electron chi connectivity index (χ2n) is 4.44. The molecule has 86 valence electrons. The van der Waals surface area contributed by atoms with Crippen molar-refractivity contribution in [2.24, 2.45) is 7.05 Å². The van der Waals surface area contributed by atoms with Crippen LogP contribution in [-0.4, -0.2) is 18.5 Å². The SMILES string of the molecule is Cn1ccc(S(=O)(=O)NC(C)(C)C)c1Br. The van der Waals surface area contributed by atoms with Gasteiger partial charge in [0.2, 0.25) is 10.0 Å². The van der Waals surface area contributed by atoms with E-state index in [1.807, 2.05) is 0 Å². The van der Waals surface area contributed by atoms with Gasteiger partial charge < -0.3 is 4.57 Å². The maximum Gasteiger partial charge on any atom is 0.243 e. The first-order valence-electron chi connectivity index (χ1n) is 4.48. The largest absolute Gasteiger partial charge is 0.344 e. The van der Waals surface area contributed by atoms with E-state index in [2.05, 4.69) is 20.7 Å². The van der Waals surface area contributed by atoms with Gasteiger partial charge in [0.05, 0.1) is 0 Å². The van der Waals surface area contributed by atoms with E-state index in [0.717, 1.165) is 0 Å². The maximum absolute atomic E-state index is 11.9. The van der Waals surface area contributed by atoms with Crippen molar-refractivity contribution in [3.05, 3.63) is 16.9 Å². The number of aryl methyl sites for hydroxylation is 1. The van der Waals surface area contributed by atoms with Crippen LogP contribution >= 0.6 is 15.9 Å². The van der Waals surface area contributed by atoms with Gasteiger partial charge in [-0.2, -0.15) is 0 Å². The zero-order valence-corrected chi connectivity index (χ0v) is 11.6. The molecule has 0 radical (unpaired) electrons. The van der Waals surface area contributed by atoms with E-state index in [1.54, 1.807) is 44.6 Å². The number of aromatic nitrogens is 1. The molecule has 1 aromatic rings. The van der Waals surface area contributed by atoms with Crippen molar-refractivity contribution in [1.29, 1.82) is 0 Å². The van der Waals surface area contributed by atoms with Gasteiger partial charge in [-0.1, -0.05) is 0 Å². The summed E-state index contributed by atoms with van der Waals surface area (Å²) in [5.74, 6) is 0. The van der Waals surface area contributed by atoms with Crippen LogP contribution in [-0.2, 0) is 17.1 Å². The van der Waals surface area contributed by atoms with E-state index in [4.69, 9.17) is 0 Å². The second kappa shape index (κ2) is 3.92. The van der Waals surface area contributed by atoms with Crippen LogP contribution in [0.5, 0.6) is 0 Å². The molecule has 0 aliphatic carbocycles. The van der Waals surface area contributed by atoms with E-state index in [9.17, 15) is 8.42 Å². The average molecular weight is 295 g/mol. The van der Waals surface area contributed by atoms with Crippen molar-refractivity contribution in [3.63, 3.8) is 0 Å². The van der Waals surface area contributed by atoms with Gasteiger partial charge in [0.1, 0.15) is 9.50 Å². The lowest BCUT2D eigenvalue weighted by Crippen LogP contribution is -2.40. The lowest BCUT2D eigenvalue weighted by molar-refractivity contribution is 0.491. The van der Waals surface area contributed by atoms with E-state index >= 15 is 0 Å². The second-order valence-corrected chi connectivity index (χ2v) is 6.84. The van der Waals surface area contributed by atoms with E-state index in [0.29, 0.717) is 4.60 Å². The smallest absolute Gasteiger partial charge is 0.243 e. The summed E-state index contributed by atoms with van der Waals surface area (Å²) in [6.07, 6.45) is 1.70. The highest BCUT2D eigenvalue weighted by Crippen LogP contribution is 2.23. The molecular weight excluding hydrogens is 280 g/mol. The van der Waals surface area contributed by atoms with E-state index < -0.39 is 15.6 Å². The molecule has 0 saturated carbocycles. The first kappa shape index (κ1) is 12.7. The molecule has 0 unspecified atom stereocenters. The molecule has 1 rings (SSSR count). The molecule has 0 spiro atoms. The van der Waals surface area contributed by atoms with Gasteiger partial charge in [-0.15, -0.1) is 0 Å². The predicted octanol–water partition coefficient (Wildman–Crippen LogP) is 1.86. The van der Waals surface area contributed by atoms with Crippen LogP contribution in [0.4, 0.5) is 0 Å². The highest BCUT2D eigenvalue weighted by atomic mass is 79.9. The Hall–Kier alpha value is -0.330. The van der Waals surface area contributed by atoms with Crippen LogP contribution in [0.3, 0.4) is 0 Å². The minimum absolute atomic E-state index is 0.264. The summed E-state index contributed by atoms with van der Waals surface area (Å²) in [6, 6.07) is 1.57. The molecule has 0 bridgehead atoms. The van der Waals surface area contributed by atoms with Gasteiger partial charge in [-0.3, -0.25) is 0 Å². The Balaban J connectivity index is 3.13. The average Bonchev–Trinajstić information content (AvgIpc) is 2.27. The lowest BCUT2D eigenvalue weighted by Gasteiger charge is -2.20. The van der Waals surface area contributed by atoms with Crippen LogP contribution in [0.15, 0.2) is 21.8 Å². The Morgan fingerprint density at radius 1 is 1.40 bits per heavy atom. The first-order chi connectivity index (χ1) is 6.63. The number of nitrogens with zero attached hydrogens (tertiary/aromatic N) is 1. The Morgan fingerprint density at radius 2 is 1.93 bits per heavy atom. The predicted molar refractivity (Wildman–Crippen MR) is 63.2 cm³/mol. The van der Waals surface area contributed by atoms with Crippen molar-refractivity contribution in [1.82, 2.24) is 9.29 Å². The molecule has 15 heavy (non-hydrogen) atoms. The van der Waals surface area contributed by atoms with Crippen LogP contribution in [0.1, 0.15) is 20.8 Å². The molecule has 0 aliphatic heterocycles. The van der Waals surface area contributed by atoms with E-state index in [-0.39, 0.29) is 4.90 Å². The van der Waals surface area contributed by atoms with Crippen molar-refractivity contribution in [2.45, 2.75) is 31.2 Å². The Labute approximate surface area is 98.9 Å². The Kier molecular flexibility index (Phi) is 3.33. The molecule has 0 amide bonds. The number of rotatable bonds is 2. The summed E-state index contributed by atoms with van der Waals surface area (Å²) in [7, 11) is -1.67. The van der Waals surface area contributed by atoms with Crippen LogP contribution < -0.4 is 4.72 Å². The quantitative estimate of drug-likeness (QED) is 0.905. The number of sulfonamides is 1. The normalized spacial score (nSPS) is 13.1. The van der Waals surface area contributed by atoms with Crippen molar-refractivity contribution in [2.75, 3.05) is 0 Å². The van der Waals surface area contributed by atoms with Crippen molar-refractivity contribution in [3.8, 4) is 0 Å². The van der Waals surface area contributed by atoms with Crippen LogP contribution in [0, 0.1) is 0 Å².